The molecule has 4 rings (SSSR count). The summed E-state index contributed by atoms with van der Waals surface area (Å²) in [7, 11) is 0. The average molecular weight is 519 g/mol. The number of esters is 2. The summed E-state index contributed by atoms with van der Waals surface area (Å²) in [4.78, 5) is 38.4. The molecule has 1 unspecified atom stereocenters. The van der Waals surface area contributed by atoms with Crippen LogP contribution in [0.3, 0.4) is 0 Å². The van der Waals surface area contributed by atoms with E-state index in [4.69, 9.17) is 18.9 Å². The second kappa shape index (κ2) is 11.6. The highest BCUT2D eigenvalue weighted by Gasteiger charge is 2.65. The Balaban J connectivity index is 1.66. The van der Waals surface area contributed by atoms with Gasteiger partial charge in [0.1, 0.15) is 17.8 Å². The van der Waals surface area contributed by atoms with Crippen LogP contribution in [0.5, 0.6) is 0 Å². The van der Waals surface area contributed by atoms with Crippen molar-refractivity contribution in [3.05, 3.63) is 12.2 Å². The molecule has 0 aromatic heterocycles. The molecule has 37 heavy (non-hydrogen) atoms. The van der Waals surface area contributed by atoms with Crippen molar-refractivity contribution < 1.29 is 33.3 Å². The third kappa shape index (κ3) is 5.68. The van der Waals surface area contributed by atoms with Crippen molar-refractivity contribution >= 4 is 17.7 Å². The third-order valence-electron chi connectivity index (χ3n) is 9.49. The minimum absolute atomic E-state index is 0.0453. The normalized spacial score (nSPS) is 41.3. The van der Waals surface area contributed by atoms with Crippen molar-refractivity contribution in [2.45, 2.75) is 122 Å². The van der Waals surface area contributed by atoms with Gasteiger partial charge in [-0.25, -0.2) is 0 Å². The Labute approximate surface area is 222 Å². The number of carbonyl (C=O) groups excluding carboxylic acids is 3. The van der Waals surface area contributed by atoms with E-state index in [1.54, 1.807) is 0 Å². The first-order valence-corrected chi connectivity index (χ1v) is 14.4. The Morgan fingerprint density at radius 3 is 2.49 bits per heavy atom. The molecule has 1 aliphatic carbocycles. The number of Topliss-reactive ketones (excluding diaryl/α,β-unsaturated/α-hetero) is 1. The van der Waals surface area contributed by atoms with Crippen LogP contribution in [0.4, 0.5) is 0 Å². The Kier molecular flexibility index (Phi) is 8.84. The lowest BCUT2D eigenvalue weighted by Crippen LogP contribution is -2.57. The van der Waals surface area contributed by atoms with Crippen LogP contribution >= 0.6 is 0 Å². The summed E-state index contributed by atoms with van der Waals surface area (Å²) in [6.07, 6.45) is 5.12. The molecular weight excluding hydrogens is 472 g/mol. The number of unbranched alkanes of at least 4 members (excludes halogenated alkanes) is 4. The Bertz CT molecular complexity index is 883. The standard InChI is InChI=1S/C30H46O7/c1-7-8-9-10-11-12-25(33)37-24-15-22(32)17(2)14-23-27-26-21(13-18(3)28(27)35-20(5)31)19(4)16-34-30(24,6)29(26)36-23/h18-19,21,23-24,26-29H,2,7-16H2,1,3-6H3/t18-,19+,21+,23?,24-,26+,27+,28-,29+,30+/m0/s1. The first-order valence-electron chi connectivity index (χ1n) is 14.4. The van der Waals surface area contributed by atoms with Crippen molar-refractivity contribution in [3.8, 4) is 0 Å². The summed E-state index contributed by atoms with van der Waals surface area (Å²) in [6.45, 7) is 14.5. The van der Waals surface area contributed by atoms with Crippen molar-refractivity contribution in [1.29, 1.82) is 0 Å². The van der Waals surface area contributed by atoms with Crippen LogP contribution in [-0.4, -0.2) is 54.3 Å². The lowest BCUT2D eigenvalue weighted by Gasteiger charge is -2.47. The SMILES string of the molecule is C=C1CC2O[C@@H]3[C@@H]4[C@H](C[C@H](C)[C@H](OC(C)=O)[C@H]24)[C@H](C)CO[C@]3(C)[C@@H](OC(=O)CCCCCCC)CC1=O. The number of carbonyl (C=O) groups is 3. The maximum atomic E-state index is 13.3. The molecule has 1 saturated carbocycles. The van der Waals surface area contributed by atoms with Crippen molar-refractivity contribution in [3.63, 3.8) is 0 Å². The van der Waals surface area contributed by atoms with E-state index in [0.29, 0.717) is 30.9 Å². The molecule has 10 atom stereocenters. The molecule has 3 saturated heterocycles. The highest BCUT2D eigenvalue weighted by Crippen LogP contribution is 2.57. The number of fused-ring (bicyclic) bond motifs is 2. The molecule has 0 N–H and O–H groups in total. The van der Waals surface area contributed by atoms with Gasteiger partial charge in [-0.1, -0.05) is 53.0 Å². The summed E-state index contributed by atoms with van der Waals surface area (Å²) >= 11 is 0. The van der Waals surface area contributed by atoms with Gasteiger partial charge in [0.15, 0.2) is 5.78 Å². The zero-order valence-electron chi connectivity index (χ0n) is 23.3. The van der Waals surface area contributed by atoms with Crippen LogP contribution < -0.4 is 0 Å². The highest BCUT2D eigenvalue weighted by molar-refractivity contribution is 5.95. The molecule has 4 fully saturated rings. The summed E-state index contributed by atoms with van der Waals surface area (Å²) in [5.74, 6) is 0.0365. The predicted octanol–water partition coefficient (Wildman–Crippen LogP) is 5.19. The van der Waals surface area contributed by atoms with Crippen LogP contribution in [0.2, 0.25) is 0 Å². The molecule has 0 spiro atoms. The Hall–Kier alpha value is -1.73. The number of hydrogen-bond donors (Lipinski definition) is 0. The van der Waals surface area contributed by atoms with Gasteiger partial charge in [-0.05, 0) is 43.1 Å². The van der Waals surface area contributed by atoms with E-state index < -0.39 is 11.7 Å². The topological polar surface area (TPSA) is 88.1 Å². The molecule has 3 heterocycles. The van der Waals surface area contributed by atoms with Crippen LogP contribution in [0.15, 0.2) is 12.2 Å². The fourth-order valence-electron chi connectivity index (χ4n) is 7.47. The van der Waals surface area contributed by atoms with E-state index in [1.807, 2.05) is 6.92 Å². The van der Waals surface area contributed by atoms with Gasteiger partial charge in [0.25, 0.3) is 0 Å². The molecule has 0 aromatic rings. The maximum Gasteiger partial charge on any atom is 0.306 e. The van der Waals surface area contributed by atoms with Gasteiger partial charge >= 0.3 is 11.9 Å². The maximum absolute atomic E-state index is 13.3. The van der Waals surface area contributed by atoms with Crippen molar-refractivity contribution in [2.75, 3.05) is 6.61 Å². The number of hydrogen-bond acceptors (Lipinski definition) is 7. The lowest BCUT2D eigenvalue weighted by molar-refractivity contribution is -0.203. The number of rotatable bonds is 8. The van der Waals surface area contributed by atoms with E-state index in [1.165, 1.54) is 6.92 Å². The first-order chi connectivity index (χ1) is 17.6. The van der Waals surface area contributed by atoms with Gasteiger partial charge in [0.05, 0.1) is 25.2 Å². The van der Waals surface area contributed by atoms with Crippen molar-refractivity contribution in [1.82, 2.24) is 0 Å². The van der Waals surface area contributed by atoms with E-state index in [0.717, 1.165) is 38.5 Å². The molecule has 0 radical (unpaired) electrons. The molecular formula is C30H46O7. The number of ketones is 1. The summed E-state index contributed by atoms with van der Waals surface area (Å²) in [5.41, 5.74) is -0.516. The lowest BCUT2D eigenvalue weighted by atomic mass is 9.59. The van der Waals surface area contributed by atoms with Crippen molar-refractivity contribution in [2.24, 2.45) is 29.6 Å². The number of ether oxygens (including phenoxy) is 4. The third-order valence-corrected chi connectivity index (χ3v) is 9.49. The molecule has 0 amide bonds. The zero-order valence-corrected chi connectivity index (χ0v) is 23.3. The summed E-state index contributed by atoms with van der Waals surface area (Å²) in [6, 6.07) is 0. The molecule has 3 aliphatic heterocycles. The van der Waals surface area contributed by atoms with Crippen LogP contribution in [-0.2, 0) is 33.3 Å². The fourth-order valence-corrected chi connectivity index (χ4v) is 7.47. The summed E-state index contributed by atoms with van der Waals surface area (Å²) < 4.78 is 25.4. The average Bonchev–Trinajstić information content (AvgIpc) is 3.18. The van der Waals surface area contributed by atoms with Crippen LogP contribution in [0.1, 0.15) is 92.4 Å². The minimum Gasteiger partial charge on any atom is -0.462 e. The highest BCUT2D eigenvalue weighted by atomic mass is 16.6. The molecule has 2 bridgehead atoms. The monoisotopic (exact) mass is 518 g/mol. The van der Waals surface area contributed by atoms with E-state index >= 15 is 0 Å². The van der Waals surface area contributed by atoms with Gasteiger partial charge in [-0.3, -0.25) is 14.4 Å². The Morgan fingerprint density at radius 2 is 1.78 bits per heavy atom. The molecule has 0 aromatic carbocycles. The van der Waals surface area contributed by atoms with E-state index in [-0.39, 0.29) is 66.1 Å². The van der Waals surface area contributed by atoms with E-state index in [9.17, 15) is 14.4 Å². The predicted molar refractivity (Wildman–Crippen MR) is 139 cm³/mol. The first kappa shape index (κ1) is 28.3. The fraction of sp³-hybridized carbons (Fsp3) is 0.833. The van der Waals surface area contributed by atoms with Gasteiger partial charge < -0.3 is 18.9 Å². The smallest absolute Gasteiger partial charge is 0.306 e. The molecule has 208 valence electrons. The largest absolute Gasteiger partial charge is 0.462 e. The van der Waals surface area contributed by atoms with E-state index in [2.05, 4.69) is 27.4 Å². The Morgan fingerprint density at radius 1 is 1.05 bits per heavy atom. The minimum atomic E-state index is -0.986. The quantitative estimate of drug-likeness (QED) is 0.248. The second-order valence-corrected chi connectivity index (χ2v) is 12.3. The van der Waals surface area contributed by atoms with Gasteiger partial charge in [-0.2, -0.15) is 0 Å². The van der Waals surface area contributed by atoms with Crippen LogP contribution in [0, 0.1) is 29.6 Å². The van der Waals surface area contributed by atoms with Gasteiger partial charge in [0.2, 0.25) is 0 Å². The van der Waals surface area contributed by atoms with Gasteiger partial charge in [-0.15, -0.1) is 0 Å². The van der Waals surface area contributed by atoms with Crippen LogP contribution in [0.25, 0.3) is 0 Å². The van der Waals surface area contributed by atoms with Gasteiger partial charge in [0, 0.05) is 31.6 Å². The zero-order chi connectivity index (χ0) is 26.9. The molecule has 7 heteroatoms. The molecule has 7 nitrogen and oxygen atoms in total. The molecule has 4 aliphatic rings. The summed E-state index contributed by atoms with van der Waals surface area (Å²) in [5, 5.41) is 0. The second-order valence-electron chi connectivity index (χ2n) is 12.3.